The van der Waals surface area contributed by atoms with Gasteiger partial charge in [-0.2, -0.15) is 5.26 Å². The third-order valence-electron chi connectivity index (χ3n) is 4.04. The summed E-state index contributed by atoms with van der Waals surface area (Å²) >= 11 is 0. The van der Waals surface area contributed by atoms with Gasteiger partial charge in [-0.15, -0.1) is 0 Å². The molecule has 0 aromatic heterocycles. The Hall–Kier alpha value is -2.46. The van der Waals surface area contributed by atoms with Crippen molar-refractivity contribution < 1.29 is 4.74 Å². The fourth-order valence-electron chi connectivity index (χ4n) is 2.95. The van der Waals surface area contributed by atoms with Gasteiger partial charge in [0.2, 0.25) is 0 Å². The summed E-state index contributed by atoms with van der Waals surface area (Å²) in [5.41, 5.74) is 0. The van der Waals surface area contributed by atoms with Crippen molar-refractivity contribution >= 4 is 23.2 Å². The molecule has 0 aliphatic carbocycles. The Labute approximate surface area is 143 Å². The lowest BCUT2D eigenvalue weighted by Crippen LogP contribution is -2.34. The molecule has 0 saturated carbocycles. The summed E-state index contributed by atoms with van der Waals surface area (Å²) in [7, 11) is -1.96. The van der Waals surface area contributed by atoms with Crippen LogP contribution in [0, 0.1) is 11.3 Å². The molecule has 0 spiro atoms. The lowest BCUT2D eigenvalue weighted by molar-refractivity contribution is 0.217. The van der Waals surface area contributed by atoms with E-state index in [-0.39, 0.29) is 6.61 Å². The van der Waals surface area contributed by atoms with Gasteiger partial charge >= 0.3 is 0 Å². The summed E-state index contributed by atoms with van der Waals surface area (Å²) in [6.07, 6.45) is 0.526. The summed E-state index contributed by atoms with van der Waals surface area (Å²) in [6, 6.07) is 33.6. The molecule has 0 N–H and O–H groups in total. The molecule has 0 amide bonds. The van der Waals surface area contributed by atoms with Crippen LogP contribution < -0.4 is 15.9 Å². The van der Waals surface area contributed by atoms with E-state index in [2.05, 4.69) is 78.9 Å². The van der Waals surface area contributed by atoms with Crippen molar-refractivity contribution in [3.05, 3.63) is 91.0 Å². The molecule has 0 fully saturated rings. The lowest BCUT2D eigenvalue weighted by Gasteiger charge is -2.26. The highest BCUT2D eigenvalue weighted by molar-refractivity contribution is 7.95. The van der Waals surface area contributed by atoms with Crippen LogP contribution in [-0.2, 0) is 4.74 Å². The van der Waals surface area contributed by atoms with Gasteiger partial charge in [-0.05, 0) is 36.4 Å². The van der Waals surface area contributed by atoms with E-state index in [1.807, 2.05) is 18.2 Å². The smallest absolute Gasteiger partial charge is 0.172 e. The van der Waals surface area contributed by atoms with Crippen molar-refractivity contribution in [2.75, 3.05) is 13.0 Å². The van der Waals surface area contributed by atoms with Crippen LogP contribution in [0.15, 0.2) is 91.0 Å². The second kappa shape index (κ2) is 7.88. The first-order valence-corrected chi connectivity index (χ1v) is 9.85. The van der Waals surface area contributed by atoms with Crippen molar-refractivity contribution in [3.8, 4) is 6.07 Å². The molecule has 3 rings (SSSR count). The van der Waals surface area contributed by atoms with E-state index in [4.69, 9.17) is 10.00 Å². The number of hydrogen-bond donors (Lipinski definition) is 0. The van der Waals surface area contributed by atoms with E-state index in [9.17, 15) is 0 Å². The zero-order valence-corrected chi connectivity index (χ0v) is 14.3. The van der Waals surface area contributed by atoms with Gasteiger partial charge in [0.15, 0.2) is 6.35 Å². The third-order valence-corrected chi connectivity index (χ3v) is 8.15. The monoisotopic (exact) mass is 332 g/mol. The number of ether oxygens (including phenoxy) is 1. The van der Waals surface area contributed by atoms with E-state index in [1.165, 1.54) is 15.9 Å². The highest BCUT2D eigenvalue weighted by Crippen LogP contribution is 2.55. The van der Waals surface area contributed by atoms with Crippen molar-refractivity contribution in [1.29, 1.82) is 5.26 Å². The minimum Gasteiger partial charge on any atom is -0.330 e. The van der Waals surface area contributed by atoms with Gasteiger partial charge in [0.1, 0.15) is 29.8 Å². The van der Waals surface area contributed by atoms with Crippen LogP contribution in [0.1, 0.15) is 0 Å². The minimum atomic E-state index is -1.96. The molecular weight excluding hydrogens is 313 g/mol. The second-order valence-corrected chi connectivity index (χ2v) is 8.88. The first-order chi connectivity index (χ1) is 11.9. The molecule has 0 aliphatic rings. The Morgan fingerprint density at radius 1 is 0.667 bits per heavy atom. The summed E-state index contributed by atoms with van der Waals surface area (Å²) in [5, 5.41) is 12.7. The van der Waals surface area contributed by atoms with Crippen molar-refractivity contribution in [3.63, 3.8) is 0 Å². The second-order valence-electron chi connectivity index (χ2n) is 5.45. The van der Waals surface area contributed by atoms with Crippen molar-refractivity contribution in [2.24, 2.45) is 0 Å². The van der Waals surface area contributed by atoms with Crippen molar-refractivity contribution in [1.82, 2.24) is 0 Å². The van der Waals surface area contributed by atoms with Crippen LogP contribution in [-0.4, -0.2) is 13.0 Å². The van der Waals surface area contributed by atoms with Crippen LogP contribution in [0.4, 0.5) is 0 Å². The van der Waals surface area contributed by atoms with Gasteiger partial charge in [0.25, 0.3) is 0 Å². The first-order valence-electron chi connectivity index (χ1n) is 7.87. The lowest BCUT2D eigenvalue weighted by atomic mass is 10.4. The van der Waals surface area contributed by atoms with Gasteiger partial charge in [-0.1, -0.05) is 54.6 Å². The Balaban J connectivity index is 2.22. The largest absolute Gasteiger partial charge is 0.330 e. The Bertz CT molecular complexity index is 701. The maximum Gasteiger partial charge on any atom is 0.172 e. The molecule has 3 aromatic carbocycles. The molecule has 118 valence electrons. The maximum absolute atomic E-state index is 8.91. The zero-order chi connectivity index (χ0) is 16.7. The summed E-state index contributed by atoms with van der Waals surface area (Å²) < 4.78 is 5.80. The van der Waals surface area contributed by atoms with Gasteiger partial charge in [-0.3, -0.25) is 0 Å². The van der Waals surface area contributed by atoms with Crippen molar-refractivity contribution in [2.45, 2.75) is 0 Å². The summed E-state index contributed by atoms with van der Waals surface area (Å²) in [5.74, 6) is 0. The van der Waals surface area contributed by atoms with Crippen LogP contribution in [0.5, 0.6) is 0 Å². The minimum absolute atomic E-state index is 0.105. The van der Waals surface area contributed by atoms with Gasteiger partial charge in [0, 0.05) is 0 Å². The van der Waals surface area contributed by atoms with E-state index in [1.54, 1.807) is 0 Å². The topological polar surface area (TPSA) is 33.0 Å². The SMILES string of the molecule is N#CCOC[P+](c1ccccc1)(c1ccccc1)c1ccccc1. The molecule has 3 aromatic rings. The average molecular weight is 332 g/mol. The Kier molecular flexibility index (Phi) is 5.39. The van der Waals surface area contributed by atoms with Gasteiger partial charge in [-0.25, -0.2) is 0 Å². The number of benzene rings is 3. The van der Waals surface area contributed by atoms with E-state index in [0.29, 0.717) is 6.35 Å². The molecule has 0 aliphatic heterocycles. The molecule has 24 heavy (non-hydrogen) atoms. The van der Waals surface area contributed by atoms with Crippen LogP contribution >= 0.6 is 7.26 Å². The third kappa shape index (κ3) is 3.24. The van der Waals surface area contributed by atoms with E-state index in [0.717, 1.165) is 0 Å². The maximum atomic E-state index is 8.91. The predicted molar refractivity (Wildman–Crippen MR) is 102 cm³/mol. The van der Waals surface area contributed by atoms with E-state index >= 15 is 0 Å². The normalized spacial score (nSPS) is 11.0. The molecule has 0 atom stereocenters. The van der Waals surface area contributed by atoms with Crippen LogP contribution in [0.25, 0.3) is 0 Å². The number of hydrogen-bond acceptors (Lipinski definition) is 2. The molecule has 3 heteroatoms. The highest BCUT2D eigenvalue weighted by atomic mass is 31.2. The molecule has 0 bridgehead atoms. The van der Waals surface area contributed by atoms with Crippen LogP contribution in [0.3, 0.4) is 0 Å². The number of nitriles is 1. The molecule has 0 heterocycles. The summed E-state index contributed by atoms with van der Waals surface area (Å²) in [4.78, 5) is 0. The summed E-state index contributed by atoms with van der Waals surface area (Å²) in [6.45, 7) is 0.105. The highest BCUT2D eigenvalue weighted by Gasteiger charge is 2.45. The van der Waals surface area contributed by atoms with E-state index < -0.39 is 7.26 Å². The molecule has 0 saturated heterocycles. The standard InChI is InChI=1S/C21H19NOP/c22-16-17-23-18-24(19-10-4-1-5-11-19,20-12-6-2-7-13-20)21-14-8-3-9-15-21/h1-15H,17-18H2/q+1. The molecular formula is C21H19NOP+. The van der Waals surface area contributed by atoms with Gasteiger partial charge in [0.05, 0.1) is 6.07 Å². The fourth-order valence-corrected chi connectivity index (χ4v) is 6.70. The Morgan fingerprint density at radius 2 is 1.04 bits per heavy atom. The molecule has 2 nitrogen and oxygen atoms in total. The number of nitrogens with zero attached hydrogens (tertiary/aromatic N) is 1. The number of rotatable bonds is 6. The predicted octanol–water partition coefficient (Wildman–Crippen LogP) is 3.48. The fraction of sp³-hybridized carbons (Fsp3) is 0.0952. The Morgan fingerprint density at radius 3 is 1.38 bits per heavy atom. The first kappa shape index (κ1) is 16.4. The quantitative estimate of drug-likeness (QED) is 0.511. The van der Waals surface area contributed by atoms with Crippen LogP contribution in [0.2, 0.25) is 0 Å². The van der Waals surface area contributed by atoms with Gasteiger partial charge < -0.3 is 4.74 Å². The zero-order valence-electron chi connectivity index (χ0n) is 13.4. The molecule has 0 radical (unpaired) electrons. The average Bonchev–Trinajstić information content (AvgIpc) is 2.68. The molecule has 0 unspecified atom stereocenters.